The van der Waals surface area contributed by atoms with E-state index in [2.05, 4.69) is 11.4 Å². The van der Waals surface area contributed by atoms with Gasteiger partial charge in [0.05, 0.1) is 18.0 Å². The maximum Gasteiger partial charge on any atom is 0.237 e. The highest BCUT2D eigenvalue weighted by Crippen LogP contribution is 2.01. The minimum atomic E-state index is -0.175. The highest BCUT2D eigenvalue weighted by molar-refractivity contribution is 5.81. The van der Waals surface area contributed by atoms with Crippen LogP contribution in [0.25, 0.3) is 0 Å². The van der Waals surface area contributed by atoms with Crippen molar-refractivity contribution in [3.8, 4) is 6.07 Å². The van der Waals surface area contributed by atoms with Crippen molar-refractivity contribution in [2.45, 2.75) is 26.8 Å². The second-order valence-electron chi connectivity index (χ2n) is 3.54. The predicted octanol–water partition coefficient (Wildman–Crippen LogP) is 0.602. The van der Waals surface area contributed by atoms with Crippen LogP contribution in [0.15, 0.2) is 0 Å². The molecule has 0 fully saturated rings. The summed E-state index contributed by atoms with van der Waals surface area (Å²) in [5.74, 6) is -0.0305. The van der Waals surface area contributed by atoms with Crippen LogP contribution in [-0.4, -0.2) is 37.0 Å². The molecule has 0 aliphatic heterocycles. The number of rotatable bonds is 5. The van der Waals surface area contributed by atoms with Gasteiger partial charge in [0.2, 0.25) is 5.91 Å². The molecule has 80 valence electrons. The number of hydrogen-bond acceptors (Lipinski definition) is 3. The van der Waals surface area contributed by atoms with Crippen LogP contribution in [0.5, 0.6) is 0 Å². The average molecular weight is 197 g/mol. The van der Waals surface area contributed by atoms with Gasteiger partial charge in [-0.05, 0) is 27.8 Å². The van der Waals surface area contributed by atoms with Gasteiger partial charge >= 0.3 is 0 Å². The van der Waals surface area contributed by atoms with Crippen molar-refractivity contribution in [2.24, 2.45) is 5.92 Å². The first kappa shape index (κ1) is 12.9. The number of likely N-dealkylation sites (N-methyl/N-ethyl adjacent to an activating group) is 2. The summed E-state index contributed by atoms with van der Waals surface area (Å²) in [6, 6.07) is 1.97. The number of amides is 1. The third kappa shape index (κ3) is 4.24. The Morgan fingerprint density at radius 1 is 1.57 bits per heavy atom. The fourth-order valence-electron chi connectivity index (χ4n) is 1.15. The van der Waals surface area contributed by atoms with Crippen molar-refractivity contribution in [1.29, 1.82) is 5.26 Å². The van der Waals surface area contributed by atoms with E-state index < -0.39 is 0 Å². The van der Waals surface area contributed by atoms with Gasteiger partial charge < -0.3 is 5.32 Å². The molecule has 14 heavy (non-hydrogen) atoms. The first-order chi connectivity index (χ1) is 6.52. The summed E-state index contributed by atoms with van der Waals surface area (Å²) >= 11 is 0. The molecule has 0 spiro atoms. The summed E-state index contributed by atoms with van der Waals surface area (Å²) < 4.78 is 0. The van der Waals surface area contributed by atoms with Crippen LogP contribution in [0.1, 0.15) is 20.8 Å². The third-order valence-corrected chi connectivity index (χ3v) is 2.17. The molecule has 1 N–H and O–H groups in total. The molecule has 0 aromatic heterocycles. The molecule has 0 saturated carbocycles. The van der Waals surface area contributed by atoms with Gasteiger partial charge in [0.1, 0.15) is 0 Å². The Bertz CT molecular complexity index is 222. The Kier molecular flexibility index (Phi) is 5.89. The summed E-state index contributed by atoms with van der Waals surface area (Å²) in [5, 5.41) is 11.4. The molecule has 2 atom stereocenters. The minimum absolute atomic E-state index is 0.0140. The fraction of sp³-hybridized carbons (Fsp3) is 0.800. The zero-order valence-corrected chi connectivity index (χ0v) is 9.37. The van der Waals surface area contributed by atoms with E-state index in [4.69, 9.17) is 5.26 Å². The quantitative estimate of drug-likeness (QED) is 0.702. The molecule has 0 heterocycles. The second-order valence-corrected chi connectivity index (χ2v) is 3.54. The Morgan fingerprint density at radius 3 is 2.57 bits per heavy atom. The smallest absolute Gasteiger partial charge is 0.237 e. The lowest BCUT2D eigenvalue weighted by Gasteiger charge is -2.24. The lowest BCUT2D eigenvalue weighted by atomic mass is 10.1. The van der Waals surface area contributed by atoms with E-state index in [1.807, 2.05) is 32.7 Å². The van der Waals surface area contributed by atoms with E-state index in [1.54, 1.807) is 0 Å². The van der Waals surface area contributed by atoms with Crippen LogP contribution in [0.2, 0.25) is 0 Å². The van der Waals surface area contributed by atoms with Crippen LogP contribution in [0, 0.1) is 17.2 Å². The SMILES string of the molecule is CCNC(=O)C(C)N(C)CC(C)C#N. The van der Waals surface area contributed by atoms with Crippen molar-refractivity contribution in [1.82, 2.24) is 10.2 Å². The minimum Gasteiger partial charge on any atom is -0.355 e. The summed E-state index contributed by atoms with van der Waals surface area (Å²) in [4.78, 5) is 13.3. The van der Waals surface area contributed by atoms with Crippen LogP contribution >= 0.6 is 0 Å². The highest BCUT2D eigenvalue weighted by atomic mass is 16.2. The van der Waals surface area contributed by atoms with Gasteiger partial charge in [-0.2, -0.15) is 5.26 Å². The van der Waals surface area contributed by atoms with E-state index in [0.29, 0.717) is 13.1 Å². The monoisotopic (exact) mass is 197 g/mol. The number of carbonyl (C=O) groups excluding carboxylic acids is 1. The normalized spacial score (nSPS) is 14.6. The van der Waals surface area contributed by atoms with Crippen molar-refractivity contribution in [3.05, 3.63) is 0 Å². The molecule has 0 bridgehead atoms. The molecule has 4 nitrogen and oxygen atoms in total. The lowest BCUT2D eigenvalue weighted by molar-refractivity contribution is -0.125. The van der Waals surface area contributed by atoms with E-state index in [0.717, 1.165) is 0 Å². The Labute approximate surface area is 85.9 Å². The summed E-state index contributed by atoms with van der Waals surface area (Å²) in [7, 11) is 1.85. The summed E-state index contributed by atoms with van der Waals surface area (Å²) in [6.07, 6.45) is 0. The Hall–Kier alpha value is -1.08. The van der Waals surface area contributed by atoms with Gasteiger partial charge in [-0.15, -0.1) is 0 Å². The molecule has 4 heteroatoms. The van der Waals surface area contributed by atoms with Gasteiger partial charge in [0.25, 0.3) is 0 Å². The molecule has 0 rings (SSSR count). The topological polar surface area (TPSA) is 56.1 Å². The van der Waals surface area contributed by atoms with Gasteiger partial charge in [-0.3, -0.25) is 9.69 Å². The van der Waals surface area contributed by atoms with Crippen LogP contribution in [0.3, 0.4) is 0 Å². The average Bonchev–Trinajstić information content (AvgIpc) is 2.16. The van der Waals surface area contributed by atoms with Crippen molar-refractivity contribution in [2.75, 3.05) is 20.1 Å². The van der Waals surface area contributed by atoms with Crippen molar-refractivity contribution < 1.29 is 4.79 Å². The first-order valence-corrected chi connectivity index (χ1v) is 4.90. The molecule has 0 aliphatic carbocycles. The van der Waals surface area contributed by atoms with E-state index in [-0.39, 0.29) is 17.9 Å². The Balaban J connectivity index is 4.05. The molecule has 0 radical (unpaired) electrons. The molecule has 0 aromatic carbocycles. The van der Waals surface area contributed by atoms with Gasteiger partial charge in [0.15, 0.2) is 0 Å². The highest BCUT2D eigenvalue weighted by Gasteiger charge is 2.18. The fourth-order valence-corrected chi connectivity index (χ4v) is 1.15. The zero-order chi connectivity index (χ0) is 11.1. The number of nitrogens with one attached hydrogen (secondary N) is 1. The number of carbonyl (C=O) groups is 1. The summed E-state index contributed by atoms with van der Waals surface area (Å²) in [6.45, 7) is 6.85. The lowest BCUT2D eigenvalue weighted by Crippen LogP contribution is -2.44. The van der Waals surface area contributed by atoms with E-state index in [9.17, 15) is 4.79 Å². The predicted molar refractivity (Wildman–Crippen MR) is 55.6 cm³/mol. The van der Waals surface area contributed by atoms with Gasteiger partial charge in [-0.1, -0.05) is 0 Å². The molecule has 2 unspecified atom stereocenters. The summed E-state index contributed by atoms with van der Waals surface area (Å²) in [5.41, 5.74) is 0. The first-order valence-electron chi connectivity index (χ1n) is 4.90. The van der Waals surface area contributed by atoms with Gasteiger partial charge in [-0.25, -0.2) is 0 Å². The maximum absolute atomic E-state index is 11.4. The molecule has 0 aromatic rings. The number of hydrogen-bond donors (Lipinski definition) is 1. The maximum atomic E-state index is 11.4. The number of nitriles is 1. The molecule has 0 aliphatic rings. The van der Waals surface area contributed by atoms with Crippen molar-refractivity contribution in [3.63, 3.8) is 0 Å². The second kappa shape index (κ2) is 6.39. The van der Waals surface area contributed by atoms with Crippen LogP contribution in [0.4, 0.5) is 0 Å². The molecule has 1 amide bonds. The standard InChI is InChI=1S/C10H19N3O/c1-5-12-10(14)9(3)13(4)7-8(2)6-11/h8-9H,5,7H2,1-4H3,(H,12,14). The van der Waals surface area contributed by atoms with E-state index in [1.165, 1.54) is 0 Å². The zero-order valence-electron chi connectivity index (χ0n) is 9.37. The van der Waals surface area contributed by atoms with E-state index >= 15 is 0 Å². The largest absolute Gasteiger partial charge is 0.355 e. The molecular weight excluding hydrogens is 178 g/mol. The molecule has 0 saturated heterocycles. The van der Waals surface area contributed by atoms with Crippen LogP contribution in [-0.2, 0) is 4.79 Å². The number of nitrogens with zero attached hydrogens (tertiary/aromatic N) is 2. The van der Waals surface area contributed by atoms with Gasteiger partial charge in [0, 0.05) is 13.1 Å². The van der Waals surface area contributed by atoms with Crippen molar-refractivity contribution >= 4 is 5.91 Å². The third-order valence-electron chi connectivity index (χ3n) is 2.17. The van der Waals surface area contributed by atoms with Crippen LogP contribution < -0.4 is 5.32 Å². The molecular formula is C10H19N3O. The Morgan fingerprint density at radius 2 is 2.14 bits per heavy atom.